The molecule has 2 aliphatic heterocycles. The third-order valence-electron chi connectivity index (χ3n) is 4.12. The Kier molecular flexibility index (Phi) is 2.67. The predicted molar refractivity (Wildman–Crippen MR) is 65.5 cm³/mol. The molecule has 1 saturated heterocycles. The van der Waals surface area contributed by atoms with Gasteiger partial charge in [0.15, 0.2) is 0 Å². The summed E-state index contributed by atoms with van der Waals surface area (Å²) in [4.78, 5) is 1.73. The van der Waals surface area contributed by atoms with Gasteiger partial charge in [-0.3, -0.25) is 0 Å². The van der Waals surface area contributed by atoms with Crippen LogP contribution in [0.3, 0.4) is 0 Å². The molecule has 0 saturated carbocycles. The number of benzene rings is 1. The van der Waals surface area contributed by atoms with Crippen molar-refractivity contribution in [1.82, 2.24) is 5.32 Å². The van der Waals surface area contributed by atoms with Crippen LogP contribution in [0.1, 0.15) is 23.5 Å². The minimum Gasteiger partial charge on any atom is -0.508 e. The molecular weight excluding hydrogens is 257 g/mol. The van der Waals surface area contributed by atoms with Crippen molar-refractivity contribution in [3.8, 4) is 5.75 Å². The molecule has 0 amide bonds. The summed E-state index contributed by atoms with van der Waals surface area (Å²) in [6.45, 7) is 1.47. The molecule has 2 heterocycles. The van der Waals surface area contributed by atoms with Crippen LogP contribution in [0.5, 0.6) is 5.75 Å². The summed E-state index contributed by atoms with van der Waals surface area (Å²) in [6.07, 6.45) is -3.63. The van der Waals surface area contributed by atoms with Gasteiger partial charge in [0.1, 0.15) is 5.75 Å². The minimum absolute atomic E-state index is 0.0157. The molecule has 1 fully saturated rings. The molecule has 1 aromatic rings. The second kappa shape index (κ2) is 4.03. The minimum atomic E-state index is -4.45. The number of fused-ring (bicyclic) bond motifs is 3. The van der Waals surface area contributed by atoms with Crippen LogP contribution in [0, 0.1) is 0 Å². The monoisotopic (exact) mass is 272 g/mol. The van der Waals surface area contributed by atoms with Gasteiger partial charge in [-0.15, -0.1) is 0 Å². The van der Waals surface area contributed by atoms with Crippen molar-refractivity contribution in [3.63, 3.8) is 0 Å². The lowest BCUT2D eigenvalue weighted by Gasteiger charge is -2.31. The van der Waals surface area contributed by atoms with Gasteiger partial charge < -0.3 is 15.3 Å². The normalized spacial score (nSPS) is 26.2. The van der Waals surface area contributed by atoms with Crippen LogP contribution in [0.4, 0.5) is 18.9 Å². The molecule has 0 radical (unpaired) electrons. The van der Waals surface area contributed by atoms with E-state index in [1.807, 2.05) is 0 Å². The van der Waals surface area contributed by atoms with Crippen molar-refractivity contribution < 1.29 is 18.3 Å². The first-order chi connectivity index (χ1) is 8.89. The highest BCUT2D eigenvalue weighted by atomic mass is 19.4. The number of anilines is 1. The zero-order chi connectivity index (χ0) is 13.8. The Morgan fingerprint density at radius 3 is 2.79 bits per heavy atom. The molecule has 0 aromatic heterocycles. The smallest absolute Gasteiger partial charge is 0.418 e. The van der Waals surface area contributed by atoms with E-state index in [2.05, 4.69) is 5.32 Å². The topological polar surface area (TPSA) is 35.5 Å². The van der Waals surface area contributed by atoms with E-state index < -0.39 is 11.7 Å². The van der Waals surface area contributed by atoms with Crippen molar-refractivity contribution in [1.29, 1.82) is 0 Å². The number of aromatic hydroxyl groups is 1. The molecule has 3 nitrogen and oxygen atoms in total. The maximum absolute atomic E-state index is 13.1. The first kappa shape index (κ1) is 12.6. The fourth-order valence-corrected chi connectivity index (χ4v) is 3.32. The van der Waals surface area contributed by atoms with E-state index in [0.29, 0.717) is 12.1 Å². The number of phenols is 1. The molecule has 0 spiro atoms. The van der Waals surface area contributed by atoms with E-state index in [-0.39, 0.29) is 23.4 Å². The number of nitrogens with one attached hydrogen (secondary N) is 1. The molecule has 3 rings (SSSR count). The van der Waals surface area contributed by atoms with Crippen LogP contribution in [0.2, 0.25) is 0 Å². The predicted octanol–water partition coefficient (Wildman–Crippen LogP) is 2.31. The molecule has 104 valence electrons. The summed E-state index contributed by atoms with van der Waals surface area (Å²) in [5.74, 6) is -0.298. The van der Waals surface area contributed by atoms with Gasteiger partial charge >= 0.3 is 6.18 Å². The molecule has 2 unspecified atom stereocenters. The zero-order valence-electron chi connectivity index (χ0n) is 10.5. The van der Waals surface area contributed by atoms with Crippen LogP contribution in [0.15, 0.2) is 12.1 Å². The molecule has 6 heteroatoms. The Hall–Kier alpha value is -1.43. The maximum Gasteiger partial charge on any atom is 0.418 e. The summed E-state index contributed by atoms with van der Waals surface area (Å²) in [6, 6.07) is 2.37. The SMILES string of the molecule is CN1c2c(cc(O)cc2C(F)(F)F)C2CNCCC21. The first-order valence-electron chi connectivity index (χ1n) is 6.27. The maximum atomic E-state index is 13.1. The summed E-state index contributed by atoms with van der Waals surface area (Å²) in [7, 11) is 1.71. The fourth-order valence-electron chi connectivity index (χ4n) is 3.32. The summed E-state index contributed by atoms with van der Waals surface area (Å²) < 4.78 is 39.4. The number of likely N-dealkylation sites (N-methyl/N-ethyl adjacent to an activating group) is 1. The van der Waals surface area contributed by atoms with Gasteiger partial charge in [-0.25, -0.2) is 0 Å². The van der Waals surface area contributed by atoms with Gasteiger partial charge in [-0.05, 0) is 30.7 Å². The second-order valence-corrected chi connectivity index (χ2v) is 5.21. The number of phenolic OH excluding ortho intramolecular Hbond substituents is 1. The van der Waals surface area contributed by atoms with Crippen LogP contribution < -0.4 is 10.2 Å². The number of rotatable bonds is 0. The van der Waals surface area contributed by atoms with Gasteiger partial charge in [0, 0.05) is 25.6 Å². The summed E-state index contributed by atoms with van der Waals surface area (Å²) in [5, 5.41) is 12.8. The van der Waals surface area contributed by atoms with Gasteiger partial charge in [0.2, 0.25) is 0 Å². The molecule has 0 aliphatic carbocycles. The van der Waals surface area contributed by atoms with Crippen LogP contribution in [-0.2, 0) is 6.18 Å². The average Bonchev–Trinajstić information content (AvgIpc) is 2.62. The Bertz CT molecular complexity index is 515. The lowest BCUT2D eigenvalue weighted by molar-refractivity contribution is -0.137. The molecule has 2 N–H and O–H groups in total. The molecule has 2 aliphatic rings. The van der Waals surface area contributed by atoms with Gasteiger partial charge in [0.05, 0.1) is 11.3 Å². The lowest BCUT2D eigenvalue weighted by Crippen LogP contribution is -2.42. The third kappa shape index (κ3) is 1.85. The van der Waals surface area contributed by atoms with Crippen molar-refractivity contribution in [2.24, 2.45) is 0 Å². The zero-order valence-corrected chi connectivity index (χ0v) is 10.5. The Morgan fingerprint density at radius 1 is 1.37 bits per heavy atom. The Morgan fingerprint density at radius 2 is 2.11 bits per heavy atom. The lowest BCUT2D eigenvalue weighted by atomic mass is 9.89. The molecule has 0 bridgehead atoms. The van der Waals surface area contributed by atoms with Crippen molar-refractivity contribution in [2.45, 2.75) is 24.6 Å². The van der Waals surface area contributed by atoms with Gasteiger partial charge in [-0.1, -0.05) is 0 Å². The molecule has 2 atom stereocenters. The van der Waals surface area contributed by atoms with E-state index >= 15 is 0 Å². The quantitative estimate of drug-likeness (QED) is 0.760. The van der Waals surface area contributed by atoms with E-state index in [0.717, 1.165) is 19.0 Å². The van der Waals surface area contributed by atoms with Crippen molar-refractivity contribution in [3.05, 3.63) is 23.3 Å². The van der Waals surface area contributed by atoms with Crippen molar-refractivity contribution in [2.75, 3.05) is 25.0 Å². The second-order valence-electron chi connectivity index (χ2n) is 5.21. The van der Waals surface area contributed by atoms with E-state index in [1.54, 1.807) is 11.9 Å². The number of piperidine rings is 1. The van der Waals surface area contributed by atoms with E-state index in [1.165, 1.54) is 6.07 Å². The van der Waals surface area contributed by atoms with E-state index in [9.17, 15) is 18.3 Å². The third-order valence-corrected chi connectivity index (χ3v) is 4.12. The summed E-state index contributed by atoms with van der Waals surface area (Å²) in [5.41, 5.74) is 0.0930. The highest BCUT2D eigenvalue weighted by Crippen LogP contribution is 2.50. The average molecular weight is 272 g/mol. The fraction of sp³-hybridized carbons (Fsp3) is 0.538. The van der Waals surface area contributed by atoms with E-state index in [4.69, 9.17) is 0 Å². The van der Waals surface area contributed by atoms with Crippen molar-refractivity contribution >= 4 is 5.69 Å². The number of halogens is 3. The summed E-state index contributed by atoms with van der Waals surface area (Å²) >= 11 is 0. The molecule has 19 heavy (non-hydrogen) atoms. The number of alkyl halides is 3. The van der Waals surface area contributed by atoms with Gasteiger partial charge in [-0.2, -0.15) is 13.2 Å². The number of hydrogen-bond acceptors (Lipinski definition) is 3. The Balaban J connectivity index is 2.18. The van der Waals surface area contributed by atoms with Crippen LogP contribution in [0.25, 0.3) is 0 Å². The van der Waals surface area contributed by atoms with Crippen LogP contribution in [-0.4, -0.2) is 31.3 Å². The molecular formula is C13H15F3N2O. The highest BCUT2D eigenvalue weighted by molar-refractivity contribution is 5.69. The number of hydrogen-bond donors (Lipinski definition) is 2. The standard InChI is InChI=1S/C13H15F3N2O/c1-18-11-2-3-17-6-9(11)8-4-7(19)5-10(12(8)18)13(14,15)16/h4-5,9,11,17,19H,2-3,6H2,1H3. The first-order valence-corrected chi connectivity index (χ1v) is 6.27. The number of nitrogens with zero attached hydrogens (tertiary/aromatic N) is 1. The molecule has 1 aromatic carbocycles. The van der Waals surface area contributed by atoms with Gasteiger partial charge in [0.25, 0.3) is 0 Å². The Labute approximate surface area is 109 Å². The van der Waals surface area contributed by atoms with Crippen LogP contribution >= 0.6 is 0 Å². The highest BCUT2D eigenvalue weighted by Gasteiger charge is 2.45. The largest absolute Gasteiger partial charge is 0.508 e.